The number of carbonyl (C=O) groups is 1. The van der Waals surface area contributed by atoms with Gasteiger partial charge in [0, 0.05) is 41.3 Å². The van der Waals surface area contributed by atoms with Gasteiger partial charge < -0.3 is 15.0 Å². The van der Waals surface area contributed by atoms with Crippen LogP contribution in [-0.4, -0.2) is 46.7 Å². The summed E-state index contributed by atoms with van der Waals surface area (Å²) in [5.74, 6) is -0.126. The van der Waals surface area contributed by atoms with Crippen LogP contribution in [0.25, 0.3) is 10.9 Å². The molecule has 1 amide bonds. The summed E-state index contributed by atoms with van der Waals surface area (Å²) in [4.78, 5) is 25.5. The van der Waals surface area contributed by atoms with Crippen molar-refractivity contribution in [3.8, 4) is 5.88 Å². The molecular weight excluding hydrogens is 496 g/mol. The van der Waals surface area contributed by atoms with E-state index in [4.69, 9.17) is 4.99 Å². The lowest BCUT2D eigenvalue weighted by molar-refractivity contribution is 0.0993. The molecule has 0 saturated heterocycles. The van der Waals surface area contributed by atoms with E-state index < -0.39 is 0 Å². The molecule has 0 fully saturated rings. The van der Waals surface area contributed by atoms with Gasteiger partial charge in [-0.15, -0.1) is 0 Å². The summed E-state index contributed by atoms with van der Waals surface area (Å²) in [5, 5.41) is 11.8. The third-order valence-corrected chi connectivity index (χ3v) is 7.24. The summed E-state index contributed by atoms with van der Waals surface area (Å²) in [6.07, 6.45) is 0. The first kappa shape index (κ1) is 26.9. The minimum Gasteiger partial charge on any atom is -0.494 e. The Kier molecular flexibility index (Phi) is 8.08. The van der Waals surface area contributed by atoms with Crippen molar-refractivity contribution < 1.29 is 9.90 Å². The molecule has 6 heteroatoms. The van der Waals surface area contributed by atoms with Crippen LogP contribution in [0, 0.1) is 0 Å². The summed E-state index contributed by atoms with van der Waals surface area (Å²) in [6.45, 7) is 7.22. The third-order valence-electron chi connectivity index (χ3n) is 7.24. The number of H-pyrrole nitrogens is 1. The maximum Gasteiger partial charge on any atom is 0.258 e. The van der Waals surface area contributed by atoms with Gasteiger partial charge in [-0.05, 0) is 61.1 Å². The van der Waals surface area contributed by atoms with Crippen molar-refractivity contribution >= 4 is 33.9 Å². The standard InChI is InChI=1S/C34H34N4O2/c1-4-38(5-2)23-24-16-19-27(20-17-24)35-32(25-12-8-6-9-13-25)31-29-22-26(18-21-30(29)36-33(31)39)34(40)37(3)28-14-10-7-11-15-28/h6-22,36,39H,4-5,23H2,1-3H3. The molecule has 0 aliphatic heterocycles. The normalized spacial score (nSPS) is 11.8. The van der Waals surface area contributed by atoms with Crippen LogP contribution in [0.5, 0.6) is 5.88 Å². The van der Waals surface area contributed by atoms with Crippen molar-refractivity contribution in [1.29, 1.82) is 0 Å². The fourth-order valence-corrected chi connectivity index (χ4v) is 4.88. The SMILES string of the molecule is CCN(CC)Cc1ccc(N=C(c2ccccc2)c2c(O)[nH]c3ccc(C(=O)N(C)c4ccccc4)cc23)cc1. The Balaban J connectivity index is 1.57. The lowest BCUT2D eigenvalue weighted by Crippen LogP contribution is -2.26. The first-order valence-corrected chi connectivity index (χ1v) is 13.6. The van der Waals surface area contributed by atoms with E-state index in [-0.39, 0.29) is 11.8 Å². The number of nitrogens with zero attached hydrogens (tertiary/aromatic N) is 3. The largest absolute Gasteiger partial charge is 0.494 e. The van der Waals surface area contributed by atoms with E-state index in [1.165, 1.54) is 5.56 Å². The lowest BCUT2D eigenvalue weighted by atomic mass is 9.99. The molecule has 0 bridgehead atoms. The molecule has 0 atom stereocenters. The van der Waals surface area contributed by atoms with Crippen LogP contribution in [0.4, 0.5) is 11.4 Å². The van der Waals surface area contributed by atoms with E-state index in [1.807, 2.05) is 84.9 Å². The molecule has 202 valence electrons. The molecular formula is C34H34N4O2. The molecule has 5 rings (SSSR count). The van der Waals surface area contributed by atoms with Gasteiger partial charge in [0.25, 0.3) is 5.91 Å². The number of aromatic amines is 1. The number of aliphatic imine (C=N–C) groups is 1. The molecule has 4 aromatic carbocycles. The monoisotopic (exact) mass is 530 g/mol. The molecule has 0 saturated carbocycles. The second-order valence-corrected chi connectivity index (χ2v) is 9.76. The number of aromatic nitrogens is 1. The zero-order valence-electron chi connectivity index (χ0n) is 23.1. The van der Waals surface area contributed by atoms with Crippen molar-refractivity contribution in [3.05, 3.63) is 125 Å². The third kappa shape index (κ3) is 5.67. The van der Waals surface area contributed by atoms with Crippen LogP contribution < -0.4 is 4.90 Å². The summed E-state index contributed by atoms with van der Waals surface area (Å²) >= 11 is 0. The number of para-hydroxylation sites is 1. The van der Waals surface area contributed by atoms with Gasteiger partial charge in [0.05, 0.1) is 17.0 Å². The maximum atomic E-state index is 13.4. The Morgan fingerprint density at radius 2 is 1.48 bits per heavy atom. The number of amides is 1. The quantitative estimate of drug-likeness (QED) is 0.199. The summed E-state index contributed by atoms with van der Waals surface area (Å²) in [5.41, 5.74) is 6.12. The number of fused-ring (bicyclic) bond motifs is 1. The number of rotatable bonds is 9. The van der Waals surface area contributed by atoms with E-state index in [1.54, 1.807) is 18.0 Å². The highest BCUT2D eigenvalue weighted by atomic mass is 16.3. The smallest absolute Gasteiger partial charge is 0.258 e. The second-order valence-electron chi connectivity index (χ2n) is 9.76. The molecule has 1 heterocycles. The van der Waals surface area contributed by atoms with Crippen LogP contribution in [0.3, 0.4) is 0 Å². The number of aromatic hydroxyl groups is 1. The highest BCUT2D eigenvalue weighted by Gasteiger charge is 2.21. The Labute approximate surface area is 235 Å². The Morgan fingerprint density at radius 1 is 0.825 bits per heavy atom. The number of hydrogen-bond acceptors (Lipinski definition) is 4. The summed E-state index contributed by atoms with van der Waals surface area (Å²) < 4.78 is 0. The topological polar surface area (TPSA) is 71.9 Å². The fraction of sp³-hybridized carbons (Fsp3) is 0.176. The zero-order chi connectivity index (χ0) is 28.1. The Bertz CT molecular complexity index is 1620. The molecule has 1 aromatic heterocycles. The molecule has 0 aliphatic carbocycles. The van der Waals surface area contributed by atoms with Gasteiger partial charge >= 0.3 is 0 Å². The second kappa shape index (κ2) is 12.0. The molecule has 0 spiro atoms. The van der Waals surface area contributed by atoms with Crippen LogP contribution in [0.15, 0.2) is 108 Å². The molecule has 2 N–H and O–H groups in total. The first-order chi connectivity index (χ1) is 19.5. The predicted octanol–water partition coefficient (Wildman–Crippen LogP) is 7.16. The van der Waals surface area contributed by atoms with Crippen LogP contribution in [0.2, 0.25) is 0 Å². The Morgan fingerprint density at radius 3 is 2.12 bits per heavy atom. The van der Waals surface area contributed by atoms with Crippen molar-refractivity contribution in [2.24, 2.45) is 4.99 Å². The van der Waals surface area contributed by atoms with E-state index >= 15 is 0 Å². The number of anilines is 1. The minimum atomic E-state index is -0.137. The van der Waals surface area contributed by atoms with Crippen LogP contribution in [0.1, 0.15) is 40.9 Å². The molecule has 0 unspecified atom stereocenters. The van der Waals surface area contributed by atoms with Gasteiger partial charge in [0.15, 0.2) is 5.88 Å². The Hall–Kier alpha value is -4.68. The average Bonchev–Trinajstić information content (AvgIpc) is 3.34. The molecule has 0 aliphatic rings. The van der Waals surface area contributed by atoms with Crippen molar-refractivity contribution in [1.82, 2.24) is 9.88 Å². The lowest BCUT2D eigenvalue weighted by Gasteiger charge is -2.18. The van der Waals surface area contributed by atoms with Gasteiger partial charge in [-0.1, -0.05) is 74.5 Å². The van der Waals surface area contributed by atoms with Crippen molar-refractivity contribution in [2.45, 2.75) is 20.4 Å². The van der Waals surface area contributed by atoms with Gasteiger partial charge in [-0.3, -0.25) is 9.69 Å². The van der Waals surface area contributed by atoms with E-state index in [2.05, 4.69) is 35.9 Å². The molecule has 40 heavy (non-hydrogen) atoms. The van der Waals surface area contributed by atoms with Gasteiger partial charge in [0.2, 0.25) is 0 Å². The zero-order valence-corrected chi connectivity index (χ0v) is 23.1. The average molecular weight is 531 g/mol. The van der Waals surface area contributed by atoms with E-state index in [0.29, 0.717) is 16.8 Å². The molecule has 6 nitrogen and oxygen atoms in total. The molecule has 0 radical (unpaired) electrons. The van der Waals surface area contributed by atoms with Gasteiger partial charge in [-0.2, -0.15) is 0 Å². The highest BCUT2D eigenvalue weighted by molar-refractivity contribution is 6.22. The summed E-state index contributed by atoms with van der Waals surface area (Å²) in [6, 6.07) is 33.0. The number of nitrogens with one attached hydrogen (secondary N) is 1. The van der Waals surface area contributed by atoms with E-state index in [9.17, 15) is 9.90 Å². The fourth-order valence-electron chi connectivity index (χ4n) is 4.88. The maximum absolute atomic E-state index is 13.4. The first-order valence-electron chi connectivity index (χ1n) is 13.6. The van der Waals surface area contributed by atoms with Gasteiger partial charge in [-0.25, -0.2) is 4.99 Å². The van der Waals surface area contributed by atoms with Crippen molar-refractivity contribution in [2.75, 3.05) is 25.0 Å². The van der Waals surface area contributed by atoms with Gasteiger partial charge in [0.1, 0.15) is 0 Å². The van der Waals surface area contributed by atoms with E-state index in [0.717, 1.165) is 47.5 Å². The van der Waals surface area contributed by atoms with Crippen molar-refractivity contribution in [3.63, 3.8) is 0 Å². The number of hydrogen-bond donors (Lipinski definition) is 2. The predicted molar refractivity (Wildman–Crippen MR) is 164 cm³/mol. The number of carbonyl (C=O) groups excluding carboxylic acids is 1. The minimum absolute atomic E-state index is 0.0109. The van der Waals surface area contributed by atoms with Crippen LogP contribution >= 0.6 is 0 Å². The number of benzene rings is 4. The highest BCUT2D eigenvalue weighted by Crippen LogP contribution is 2.33. The van der Waals surface area contributed by atoms with Crippen LogP contribution in [-0.2, 0) is 6.54 Å². The summed E-state index contributed by atoms with van der Waals surface area (Å²) in [7, 11) is 1.76. The molecule has 5 aromatic rings.